The van der Waals surface area contributed by atoms with Crippen molar-refractivity contribution in [2.24, 2.45) is 4.99 Å². The predicted molar refractivity (Wildman–Crippen MR) is 107 cm³/mol. The van der Waals surface area contributed by atoms with Gasteiger partial charge in [-0.2, -0.15) is 0 Å². The first kappa shape index (κ1) is 18.2. The molecule has 1 atom stereocenters. The molecular formula is C20H18Cl3FN2. The van der Waals surface area contributed by atoms with E-state index in [-0.39, 0.29) is 5.41 Å². The molecule has 1 fully saturated rings. The van der Waals surface area contributed by atoms with Crippen molar-refractivity contribution in [3.63, 3.8) is 0 Å². The summed E-state index contributed by atoms with van der Waals surface area (Å²) in [5, 5.41) is 4.27. The summed E-state index contributed by atoms with van der Waals surface area (Å²) in [6.07, 6.45) is 0.767. The minimum Gasteiger partial charge on any atom is -0.310 e. The fourth-order valence-corrected chi connectivity index (χ4v) is 4.15. The molecule has 2 aromatic carbocycles. The Hall–Kier alpha value is -1.13. The standard InChI is InChI=1S/C20H18Cl3FN2/c1-19(14-6-15(21)18(23)16(22)7-14)8-17(26-9-19)12-2-4-13(5-3-12)20(24)10-25-11-20/h2-7,25H,8-11H2,1H3. The molecule has 0 aliphatic carbocycles. The number of benzene rings is 2. The van der Waals surface area contributed by atoms with Gasteiger partial charge in [0.2, 0.25) is 0 Å². The Balaban J connectivity index is 1.56. The van der Waals surface area contributed by atoms with Gasteiger partial charge in [-0.15, -0.1) is 0 Å². The van der Waals surface area contributed by atoms with Gasteiger partial charge >= 0.3 is 0 Å². The van der Waals surface area contributed by atoms with Gasteiger partial charge in [0.05, 0.1) is 15.1 Å². The van der Waals surface area contributed by atoms with Gasteiger partial charge in [-0.3, -0.25) is 4.99 Å². The van der Waals surface area contributed by atoms with E-state index in [0.29, 0.717) is 34.7 Å². The lowest BCUT2D eigenvalue weighted by Crippen LogP contribution is -2.53. The van der Waals surface area contributed by atoms with Crippen LogP contribution in [0.2, 0.25) is 15.1 Å². The van der Waals surface area contributed by atoms with E-state index in [2.05, 4.69) is 12.2 Å². The van der Waals surface area contributed by atoms with Gasteiger partial charge in [-0.1, -0.05) is 66.0 Å². The maximum atomic E-state index is 14.5. The molecule has 0 saturated carbocycles. The normalized spacial score (nSPS) is 24.3. The lowest BCUT2D eigenvalue weighted by molar-refractivity contribution is 0.0891. The van der Waals surface area contributed by atoms with Crippen molar-refractivity contribution in [3.05, 3.63) is 68.2 Å². The number of aliphatic imine (C=N–C) groups is 1. The number of halogens is 4. The number of rotatable bonds is 3. The molecule has 26 heavy (non-hydrogen) atoms. The van der Waals surface area contributed by atoms with E-state index in [4.69, 9.17) is 39.8 Å². The van der Waals surface area contributed by atoms with Gasteiger partial charge in [0.15, 0.2) is 5.67 Å². The van der Waals surface area contributed by atoms with Gasteiger partial charge in [0, 0.05) is 37.2 Å². The second kappa shape index (κ2) is 6.49. The van der Waals surface area contributed by atoms with Crippen LogP contribution in [0.25, 0.3) is 0 Å². The number of hydrogen-bond acceptors (Lipinski definition) is 2. The van der Waals surface area contributed by atoms with Crippen molar-refractivity contribution in [1.82, 2.24) is 5.32 Å². The Bertz CT molecular complexity index is 867. The highest BCUT2D eigenvalue weighted by atomic mass is 35.5. The smallest absolute Gasteiger partial charge is 0.160 e. The molecule has 136 valence electrons. The zero-order valence-corrected chi connectivity index (χ0v) is 16.5. The maximum Gasteiger partial charge on any atom is 0.160 e. The van der Waals surface area contributed by atoms with Crippen molar-refractivity contribution in [2.45, 2.75) is 24.4 Å². The molecule has 2 aromatic rings. The van der Waals surface area contributed by atoms with Crippen LogP contribution in [0.15, 0.2) is 41.4 Å². The lowest BCUT2D eigenvalue weighted by atomic mass is 9.79. The first-order valence-electron chi connectivity index (χ1n) is 8.50. The van der Waals surface area contributed by atoms with E-state index in [9.17, 15) is 4.39 Å². The Kier molecular flexibility index (Phi) is 4.55. The molecule has 0 radical (unpaired) electrons. The van der Waals surface area contributed by atoms with Gasteiger partial charge < -0.3 is 5.32 Å². The SMILES string of the molecule is CC1(c2cc(Cl)c(Cl)c(Cl)c2)CN=C(c2ccc(C3(F)CNC3)cc2)C1. The molecule has 0 spiro atoms. The molecular weight excluding hydrogens is 394 g/mol. The average Bonchev–Trinajstić information content (AvgIpc) is 3.01. The molecule has 0 bridgehead atoms. The highest BCUT2D eigenvalue weighted by Crippen LogP contribution is 2.40. The minimum absolute atomic E-state index is 0.189. The van der Waals surface area contributed by atoms with Crippen LogP contribution >= 0.6 is 34.8 Å². The summed E-state index contributed by atoms with van der Waals surface area (Å²) in [6.45, 7) is 3.55. The highest BCUT2D eigenvalue weighted by Gasteiger charge is 2.39. The van der Waals surface area contributed by atoms with Gasteiger partial charge in [0.25, 0.3) is 0 Å². The summed E-state index contributed by atoms with van der Waals surface area (Å²) < 4.78 is 14.5. The molecule has 1 saturated heterocycles. The third kappa shape index (κ3) is 3.05. The molecule has 0 amide bonds. The highest BCUT2D eigenvalue weighted by molar-refractivity contribution is 6.48. The van der Waals surface area contributed by atoms with Crippen LogP contribution in [-0.4, -0.2) is 25.3 Å². The van der Waals surface area contributed by atoms with Crippen LogP contribution in [0.3, 0.4) is 0 Å². The first-order valence-corrected chi connectivity index (χ1v) is 9.63. The first-order chi connectivity index (χ1) is 12.3. The van der Waals surface area contributed by atoms with E-state index in [1.54, 1.807) is 0 Å². The molecule has 1 unspecified atom stereocenters. The van der Waals surface area contributed by atoms with Gasteiger partial charge in [-0.25, -0.2) is 4.39 Å². The fraction of sp³-hybridized carbons (Fsp3) is 0.350. The number of alkyl halides is 1. The number of nitrogens with one attached hydrogen (secondary N) is 1. The Morgan fingerprint density at radius 1 is 1.00 bits per heavy atom. The Morgan fingerprint density at radius 2 is 1.62 bits per heavy atom. The zero-order chi connectivity index (χ0) is 18.5. The van der Waals surface area contributed by atoms with E-state index in [0.717, 1.165) is 28.8 Å². The van der Waals surface area contributed by atoms with Gasteiger partial charge in [0.1, 0.15) is 0 Å². The monoisotopic (exact) mass is 410 g/mol. The van der Waals surface area contributed by atoms with Crippen molar-refractivity contribution < 1.29 is 4.39 Å². The van der Waals surface area contributed by atoms with Crippen molar-refractivity contribution in [1.29, 1.82) is 0 Å². The summed E-state index contributed by atoms with van der Waals surface area (Å²) in [4.78, 5) is 4.73. The number of hydrogen-bond donors (Lipinski definition) is 1. The topological polar surface area (TPSA) is 24.4 Å². The molecule has 2 aliphatic heterocycles. The Morgan fingerprint density at radius 3 is 2.15 bits per heavy atom. The van der Waals surface area contributed by atoms with Crippen LogP contribution in [0, 0.1) is 0 Å². The van der Waals surface area contributed by atoms with Crippen molar-refractivity contribution in [3.8, 4) is 0 Å². The second-order valence-corrected chi connectivity index (χ2v) is 8.59. The third-order valence-corrected chi connectivity index (χ3v) is 6.60. The fourth-order valence-electron chi connectivity index (χ4n) is 3.55. The molecule has 2 aliphatic rings. The summed E-state index contributed by atoms with van der Waals surface area (Å²) in [5.41, 5.74) is 2.36. The zero-order valence-electron chi connectivity index (χ0n) is 14.3. The van der Waals surface area contributed by atoms with Crippen molar-refractivity contribution >= 4 is 40.5 Å². The summed E-state index contributed by atoms with van der Waals surface area (Å²) in [6, 6.07) is 11.4. The van der Waals surface area contributed by atoms with Crippen LogP contribution in [0.4, 0.5) is 4.39 Å². The largest absolute Gasteiger partial charge is 0.310 e. The van der Waals surface area contributed by atoms with Crippen LogP contribution in [0.1, 0.15) is 30.0 Å². The van der Waals surface area contributed by atoms with Crippen LogP contribution in [-0.2, 0) is 11.1 Å². The summed E-state index contributed by atoms with van der Waals surface area (Å²) >= 11 is 18.5. The van der Waals surface area contributed by atoms with Crippen LogP contribution in [0.5, 0.6) is 0 Å². The van der Waals surface area contributed by atoms with E-state index in [1.165, 1.54) is 0 Å². The quantitative estimate of drug-likeness (QED) is 0.656. The molecule has 2 heterocycles. The maximum absolute atomic E-state index is 14.5. The predicted octanol–water partition coefficient (Wildman–Crippen LogP) is 5.57. The molecule has 0 aromatic heterocycles. The number of nitrogens with zero attached hydrogens (tertiary/aromatic N) is 1. The average molecular weight is 412 g/mol. The Labute approximate surface area is 167 Å². The molecule has 6 heteroatoms. The minimum atomic E-state index is -1.23. The van der Waals surface area contributed by atoms with E-state index < -0.39 is 5.67 Å². The second-order valence-electron chi connectivity index (χ2n) is 7.40. The third-order valence-electron chi connectivity index (χ3n) is 5.40. The summed E-state index contributed by atoms with van der Waals surface area (Å²) in [5.74, 6) is 0. The molecule has 4 rings (SSSR count). The molecule has 1 N–H and O–H groups in total. The lowest BCUT2D eigenvalue weighted by Gasteiger charge is -2.35. The van der Waals surface area contributed by atoms with E-state index >= 15 is 0 Å². The van der Waals surface area contributed by atoms with Crippen molar-refractivity contribution in [2.75, 3.05) is 19.6 Å². The van der Waals surface area contributed by atoms with Gasteiger partial charge in [-0.05, 0) is 28.8 Å². The molecule has 2 nitrogen and oxygen atoms in total. The van der Waals surface area contributed by atoms with Crippen LogP contribution < -0.4 is 5.32 Å². The summed E-state index contributed by atoms with van der Waals surface area (Å²) in [7, 11) is 0. The van der Waals surface area contributed by atoms with E-state index in [1.807, 2.05) is 36.4 Å².